The third-order valence-corrected chi connectivity index (χ3v) is 3.95. The van der Waals surface area contributed by atoms with E-state index in [9.17, 15) is 4.79 Å². The number of nitrogens with one attached hydrogen (secondary N) is 1. The Bertz CT molecular complexity index is 844. The quantitative estimate of drug-likeness (QED) is 0.759. The van der Waals surface area contributed by atoms with Crippen molar-refractivity contribution in [3.8, 4) is 5.75 Å². The Balaban J connectivity index is 1.62. The number of aromatic nitrogens is 1. The van der Waals surface area contributed by atoms with Crippen LogP contribution in [0.1, 0.15) is 18.5 Å². The Morgan fingerprint density at radius 2 is 1.92 bits per heavy atom. The van der Waals surface area contributed by atoms with E-state index in [1.54, 1.807) is 18.3 Å². The van der Waals surface area contributed by atoms with E-state index in [0.717, 1.165) is 16.5 Å². The fourth-order valence-corrected chi connectivity index (χ4v) is 2.58. The summed E-state index contributed by atoms with van der Waals surface area (Å²) in [6.07, 6.45) is 1.71. The Kier molecular flexibility index (Phi) is 4.96. The minimum atomic E-state index is -0.189. The molecular weight excluding hydrogens is 324 g/mol. The van der Waals surface area contributed by atoms with E-state index in [1.165, 1.54) is 0 Å². The zero-order valence-corrected chi connectivity index (χ0v) is 14.0. The lowest BCUT2D eigenvalue weighted by atomic mass is 10.1. The van der Waals surface area contributed by atoms with Crippen molar-refractivity contribution in [3.63, 3.8) is 0 Å². The first kappa shape index (κ1) is 16.3. The summed E-state index contributed by atoms with van der Waals surface area (Å²) in [7, 11) is 0. The van der Waals surface area contributed by atoms with Crippen LogP contribution in [0.4, 0.5) is 0 Å². The SMILES string of the molecule is CC(NC(=O)COc1cccc2cccnc12)c1ccc(Cl)cc1. The summed E-state index contributed by atoms with van der Waals surface area (Å²) in [5, 5.41) is 4.55. The highest BCUT2D eigenvalue weighted by Gasteiger charge is 2.11. The molecule has 1 aromatic heterocycles. The van der Waals surface area contributed by atoms with E-state index in [0.29, 0.717) is 10.8 Å². The van der Waals surface area contributed by atoms with Crippen LogP contribution in [0.5, 0.6) is 5.75 Å². The fourth-order valence-electron chi connectivity index (χ4n) is 2.45. The second-order valence-electron chi connectivity index (χ2n) is 5.46. The summed E-state index contributed by atoms with van der Waals surface area (Å²) in [5.74, 6) is 0.410. The Labute approximate surface area is 145 Å². The van der Waals surface area contributed by atoms with Crippen molar-refractivity contribution < 1.29 is 9.53 Å². The number of amides is 1. The number of nitrogens with zero attached hydrogens (tertiary/aromatic N) is 1. The minimum Gasteiger partial charge on any atom is -0.481 e. The van der Waals surface area contributed by atoms with Crippen LogP contribution >= 0.6 is 11.6 Å². The summed E-state index contributed by atoms with van der Waals surface area (Å²) in [5.41, 5.74) is 1.73. The number of pyridine rings is 1. The fraction of sp³-hybridized carbons (Fsp3) is 0.158. The van der Waals surface area contributed by atoms with Crippen molar-refractivity contribution in [1.82, 2.24) is 10.3 Å². The maximum atomic E-state index is 12.1. The van der Waals surface area contributed by atoms with Crippen LogP contribution < -0.4 is 10.1 Å². The third kappa shape index (κ3) is 3.84. The maximum absolute atomic E-state index is 12.1. The molecule has 1 heterocycles. The smallest absolute Gasteiger partial charge is 0.258 e. The molecule has 4 nitrogen and oxygen atoms in total. The molecule has 0 spiro atoms. The molecule has 0 aliphatic heterocycles. The van der Waals surface area contributed by atoms with Crippen molar-refractivity contribution in [2.75, 3.05) is 6.61 Å². The second-order valence-corrected chi connectivity index (χ2v) is 5.90. The highest BCUT2D eigenvalue weighted by molar-refractivity contribution is 6.30. The van der Waals surface area contributed by atoms with Gasteiger partial charge in [0, 0.05) is 16.6 Å². The molecule has 2 aromatic carbocycles. The van der Waals surface area contributed by atoms with E-state index in [4.69, 9.17) is 16.3 Å². The minimum absolute atomic E-state index is 0.0619. The number of hydrogen-bond acceptors (Lipinski definition) is 3. The molecule has 0 aliphatic carbocycles. The Hall–Kier alpha value is -2.59. The van der Waals surface area contributed by atoms with Crippen molar-refractivity contribution in [2.24, 2.45) is 0 Å². The maximum Gasteiger partial charge on any atom is 0.258 e. The largest absolute Gasteiger partial charge is 0.481 e. The van der Waals surface area contributed by atoms with Crippen molar-refractivity contribution in [1.29, 1.82) is 0 Å². The van der Waals surface area contributed by atoms with Gasteiger partial charge in [0.1, 0.15) is 11.3 Å². The topological polar surface area (TPSA) is 51.2 Å². The number of benzene rings is 2. The number of hydrogen-bond donors (Lipinski definition) is 1. The summed E-state index contributed by atoms with van der Waals surface area (Å²) in [4.78, 5) is 16.4. The van der Waals surface area contributed by atoms with Gasteiger partial charge < -0.3 is 10.1 Å². The number of fused-ring (bicyclic) bond motifs is 1. The Morgan fingerprint density at radius 3 is 2.71 bits per heavy atom. The van der Waals surface area contributed by atoms with Gasteiger partial charge in [0.25, 0.3) is 5.91 Å². The molecular formula is C19H17ClN2O2. The number of carbonyl (C=O) groups excluding carboxylic acids is 1. The lowest BCUT2D eigenvalue weighted by Gasteiger charge is -2.15. The summed E-state index contributed by atoms with van der Waals surface area (Å²) in [6.45, 7) is 1.86. The molecule has 1 amide bonds. The summed E-state index contributed by atoms with van der Waals surface area (Å²) >= 11 is 5.87. The number of para-hydroxylation sites is 1. The van der Waals surface area contributed by atoms with E-state index in [1.807, 2.05) is 49.4 Å². The average molecular weight is 341 g/mol. The van der Waals surface area contributed by atoms with E-state index in [-0.39, 0.29) is 18.6 Å². The first-order valence-electron chi connectivity index (χ1n) is 7.65. The third-order valence-electron chi connectivity index (χ3n) is 3.70. The summed E-state index contributed by atoms with van der Waals surface area (Å²) < 4.78 is 5.64. The first-order valence-corrected chi connectivity index (χ1v) is 8.02. The number of halogens is 1. The van der Waals surface area contributed by atoms with Gasteiger partial charge in [-0.1, -0.05) is 41.9 Å². The monoisotopic (exact) mass is 340 g/mol. The number of carbonyl (C=O) groups is 1. The van der Waals surface area contributed by atoms with E-state index < -0.39 is 0 Å². The molecule has 0 aliphatic rings. The molecule has 1 atom stereocenters. The van der Waals surface area contributed by atoms with Crippen LogP contribution in [-0.4, -0.2) is 17.5 Å². The predicted molar refractivity (Wildman–Crippen MR) is 95.2 cm³/mol. The molecule has 0 fully saturated rings. The molecule has 24 heavy (non-hydrogen) atoms. The molecule has 0 radical (unpaired) electrons. The molecule has 1 N–H and O–H groups in total. The molecule has 3 rings (SSSR count). The highest BCUT2D eigenvalue weighted by atomic mass is 35.5. The lowest BCUT2D eigenvalue weighted by molar-refractivity contribution is -0.123. The van der Waals surface area contributed by atoms with E-state index >= 15 is 0 Å². The van der Waals surface area contributed by atoms with Gasteiger partial charge in [0.2, 0.25) is 0 Å². The van der Waals surface area contributed by atoms with Gasteiger partial charge in [0.15, 0.2) is 6.61 Å². The standard InChI is InChI=1S/C19H17ClN2O2/c1-13(14-7-9-16(20)10-8-14)22-18(23)12-24-17-6-2-4-15-5-3-11-21-19(15)17/h2-11,13H,12H2,1H3,(H,22,23). The molecule has 0 bridgehead atoms. The molecule has 1 unspecified atom stereocenters. The van der Waals surface area contributed by atoms with Crippen LogP contribution in [0.2, 0.25) is 5.02 Å². The van der Waals surface area contributed by atoms with Gasteiger partial charge in [-0.05, 0) is 36.8 Å². The molecule has 3 aromatic rings. The van der Waals surface area contributed by atoms with Crippen LogP contribution in [0, 0.1) is 0 Å². The van der Waals surface area contributed by atoms with Crippen molar-refractivity contribution >= 4 is 28.4 Å². The first-order chi connectivity index (χ1) is 11.6. The normalized spacial score (nSPS) is 11.9. The molecule has 0 saturated heterocycles. The van der Waals surface area contributed by atoms with Crippen molar-refractivity contribution in [3.05, 3.63) is 71.4 Å². The zero-order chi connectivity index (χ0) is 16.9. The van der Waals surface area contributed by atoms with Crippen LogP contribution in [-0.2, 0) is 4.79 Å². The van der Waals surface area contributed by atoms with Crippen molar-refractivity contribution in [2.45, 2.75) is 13.0 Å². The van der Waals surface area contributed by atoms with Gasteiger partial charge in [-0.2, -0.15) is 0 Å². The van der Waals surface area contributed by atoms with Crippen LogP contribution in [0.3, 0.4) is 0 Å². The van der Waals surface area contributed by atoms with Gasteiger partial charge in [-0.15, -0.1) is 0 Å². The summed E-state index contributed by atoms with van der Waals surface area (Å²) in [6, 6.07) is 16.7. The second kappa shape index (κ2) is 7.32. The van der Waals surface area contributed by atoms with Gasteiger partial charge in [-0.3, -0.25) is 9.78 Å². The van der Waals surface area contributed by atoms with Gasteiger partial charge in [0.05, 0.1) is 6.04 Å². The van der Waals surface area contributed by atoms with Gasteiger partial charge >= 0.3 is 0 Å². The average Bonchev–Trinajstić information content (AvgIpc) is 2.60. The van der Waals surface area contributed by atoms with Gasteiger partial charge in [-0.25, -0.2) is 0 Å². The molecule has 122 valence electrons. The number of rotatable bonds is 5. The molecule has 5 heteroatoms. The molecule has 0 saturated carbocycles. The zero-order valence-electron chi connectivity index (χ0n) is 13.2. The predicted octanol–water partition coefficient (Wildman–Crippen LogP) is 4.14. The van der Waals surface area contributed by atoms with E-state index in [2.05, 4.69) is 10.3 Å². The Morgan fingerprint density at radius 1 is 1.17 bits per heavy atom. The van der Waals surface area contributed by atoms with Crippen LogP contribution in [0.15, 0.2) is 60.8 Å². The number of ether oxygens (including phenoxy) is 1. The highest BCUT2D eigenvalue weighted by Crippen LogP contribution is 2.23. The lowest BCUT2D eigenvalue weighted by Crippen LogP contribution is -2.31. The van der Waals surface area contributed by atoms with Crippen LogP contribution in [0.25, 0.3) is 10.9 Å².